The zero-order chi connectivity index (χ0) is 20.7. The molecule has 1 aliphatic heterocycles. The standard InChI is InChI=1S/C24H24NO3SSi/c1-2-15-12-16-22(27)17(24-25-19-8-4-5-9-20(19)29-24)13-28-23(16)18(21(15)26)14-30-10-6-3-7-11-30/h4-5,8-9,12-13,26H,2-3,6-7,10-11,14H2,1H3. The molecular formula is C24H24NO3SSi. The molecule has 1 radical (unpaired) electrons. The maximum absolute atomic E-state index is 13.5. The van der Waals surface area contributed by atoms with Crippen LogP contribution in [0.5, 0.6) is 5.75 Å². The lowest BCUT2D eigenvalue weighted by Gasteiger charge is -2.21. The highest BCUT2D eigenvalue weighted by Gasteiger charge is 2.24. The van der Waals surface area contributed by atoms with Gasteiger partial charge in [-0.1, -0.05) is 50.4 Å². The van der Waals surface area contributed by atoms with E-state index in [-0.39, 0.29) is 5.43 Å². The highest BCUT2D eigenvalue weighted by molar-refractivity contribution is 7.21. The molecule has 4 aromatic rings. The van der Waals surface area contributed by atoms with Crippen LogP contribution in [0.15, 0.2) is 45.8 Å². The molecule has 1 saturated heterocycles. The number of rotatable bonds is 4. The third-order valence-corrected chi connectivity index (χ3v) is 10.1. The predicted octanol–water partition coefficient (Wildman–Crippen LogP) is 6.10. The lowest BCUT2D eigenvalue weighted by atomic mass is 10.0. The second kappa shape index (κ2) is 8.00. The van der Waals surface area contributed by atoms with Gasteiger partial charge < -0.3 is 9.52 Å². The van der Waals surface area contributed by atoms with Crippen molar-refractivity contribution in [1.29, 1.82) is 0 Å². The molecule has 0 bridgehead atoms. The maximum Gasteiger partial charge on any atom is 0.202 e. The van der Waals surface area contributed by atoms with E-state index in [1.165, 1.54) is 49.0 Å². The molecule has 0 saturated carbocycles. The summed E-state index contributed by atoms with van der Waals surface area (Å²) in [6, 6.07) is 13.1. The molecule has 2 aromatic carbocycles. The van der Waals surface area contributed by atoms with Crippen molar-refractivity contribution >= 4 is 41.3 Å². The molecule has 0 aliphatic carbocycles. The number of nitrogens with zero attached hydrogens (tertiary/aromatic N) is 1. The Morgan fingerprint density at radius 1 is 1.20 bits per heavy atom. The molecule has 1 N–H and O–H groups in total. The lowest BCUT2D eigenvalue weighted by Crippen LogP contribution is -2.20. The minimum atomic E-state index is -0.561. The fraction of sp³-hybridized carbons (Fsp3) is 0.333. The van der Waals surface area contributed by atoms with Gasteiger partial charge in [0.05, 0.1) is 30.0 Å². The molecule has 0 atom stereocenters. The summed E-state index contributed by atoms with van der Waals surface area (Å²) in [4.78, 5) is 18.1. The van der Waals surface area contributed by atoms with E-state index in [4.69, 9.17) is 4.42 Å². The summed E-state index contributed by atoms with van der Waals surface area (Å²) < 4.78 is 7.10. The number of benzene rings is 2. The van der Waals surface area contributed by atoms with Gasteiger partial charge in [-0.3, -0.25) is 4.79 Å². The summed E-state index contributed by atoms with van der Waals surface area (Å²) in [5.41, 5.74) is 3.54. The van der Waals surface area contributed by atoms with Gasteiger partial charge in [0, 0.05) is 5.56 Å². The molecule has 3 heterocycles. The summed E-state index contributed by atoms with van der Waals surface area (Å²) in [5.74, 6) is 0.323. The number of phenolic OH excluding ortho intramolecular Hbond substituents is 1. The van der Waals surface area contributed by atoms with Crippen molar-refractivity contribution in [2.24, 2.45) is 0 Å². The van der Waals surface area contributed by atoms with Gasteiger partial charge in [-0.2, -0.15) is 0 Å². The maximum atomic E-state index is 13.5. The SMILES string of the molecule is CCc1cc2c(=O)c(-c3nc4ccccc4s3)coc2c(C[Si]2CCCCC2)c1O. The molecule has 0 amide bonds. The van der Waals surface area contributed by atoms with Gasteiger partial charge >= 0.3 is 0 Å². The van der Waals surface area contributed by atoms with Crippen molar-refractivity contribution in [3.05, 3.63) is 57.9 Å². The number of para-hydroxylation sites is 1. The van der Waals surface area contributed by atoms with Crippen molar-refractivity contribution in [3.63, 3.8) is 0 Å². The van der Waals surface area contributed by atoms with Gasteiger partial charge in [-0.05, 0) is 36.2 Å². The monoisotopic (exact) mass is 434 g/mol. The Bertz CT molecular complexity index is 1250. The molecule has 0 unspecified atom stereocenters. The third-order valence-electron chi connectivity index (χ3n) is 6.10. The Labute approximate surface area is 180 Å². The fourth-order valence-electron chi connectivity index (χ4n) is 4.44. The van der Waals surface area contributed by atoms with Crippen LogP contribution in [-0.4, -0.2) is 18.9 Å². The van der Waals surface area contributed by atoms with E-state index in [2.05, 4.69) is 4.98 Å². The average molecular weight is 435 g/mol. The van der Waals surface area contributed by atoms with E-state index in [0.29, 0.717) is 33.7 Å². The Balaban J connectivity index is 1.67. The van der Waals surface area contributed by atoms with Gasteiger partial charge in [0.25, 0.3) is 0 Å². The van der Waals surface area contributed by atoms with Crippen LogP contribution in [0.25, 0.3) is 31.8 Å². The summed E-state index contributed by atoms with van der Waals surface area (Å²) in [6.45, 7) is 2.01. The average Bonchev–Trinajstić information content (AvgIpc) is 3.20. The number of phenols is 1. The molecule has 1 aliphatic rings. The minimum Gasteiger partial charge on any atom is -0.507 e. The topological polar surface area (TPSA) is 63.3 Å². The largest absolute Gasteiger partial charge is 0.507 e. The quantitative estimate of drug-likeness (QED) is 0.394. The van der Waals surface area contributed by atoms with E-state index in [1.54, 1.807) is 0 Å². The molecule has 0 spiro atoms. The molecule has 1 fully saturated rings. The number of thiazole rings is 1. The van der Waals surface area contributed by atoms with Crippen LogP contribution >= 0.6 is 11.3 Å². The first-order valence-corrected chi connectivity index (χ1v) is 13.6. The molecule has 4 nitrogen and oxygen atoms in total. The molecular weight excluding hydrogens is 410 g/mol. The number of aromatic hydroxyl groups is 1. The van der Waals surface area contributed by atoms with Crippen LogP contribution < -0.4 is 5.43 Å². The van der Waals surface area contributed by atoms with E-state index >= 15 is 0 Å². The van der Waals surface area contributed by atoms with Crippen molar-refractivity contribution in [3.8, 4) is 16.3 Å². The minimum absolute atomic E-state index is 0.0628. The van der Waals surface area contributed by atoms with Crippen molar-refractivity contribution in [2.45, 2.75) is 50.7 Å². The zero-order valence-electron chi connectivity index (χ0n) is 17.0. The van der Waals surface area contributed by atoms with Gasteiger partial charge in [0.15, 0.2) is 0 Å². The molecule has 30 heavy (non-hydrogen) atoms. The van der Waals surface area contributed by atoms with Crippen molar-refractivity contribution < 1.29 is 9.52 Å². The highest BCUT2D eigenvalue weighted by atomic mass is 32.1. The predicted molar refractivity (Wildman–Crippen MR) is 125 cm³/mol. The first-order valence-electron chi connectivity index (χ1n) is 10.6. The number of fused-ring (bicyclic) bond motifs is 2. The van der Waals surface area contributed by atoms with E-state index in [0.717, 1.165) is 27.4 Å². The number of hydrogen-bond acceptors (Lipinski definition) is 5. The Morgan fingerprint density at radius 2 is 2.00 bits per heavy atom. The second-order valence-electron chi connectivity index (χ2n) is 8.05. The smallest absolute Gasteiger partial charge is 0.202 e. The molecule has 5 rings (SSSR count). The first-order chi connectivity index (χ1) is 14.7. The molecule has 6 heteroatoms. The Kier molecular flexibility index (Phi) is 5.21. The van der Waals surface area contributed by atoms with E-state index < -0.39 is 8.80 Å². The normalized spacial score (nSPS) is 15.2. The second-order valence-corrected chi connectivity index (χ2v) is 11.9. The Morgan fingerprint density at radius 3 is 2.77 bits per heavy atom. The van der Waals surface area contributed by atoms with Gasteiger partial charge in [0.1, 0.15) is 22.6 Å². The summed E-state index contributed by atoms with van der Waals surface area (Å²) in [6.07, 6.45) is 6.10. The summed E-state index contributed by atoms with van der Waals surface area (Å²) in [7, 11) is -0.561. The third kappa shape index (κ3) is 3.38. The van der Waals surface area contributed by atoms with Crippen LogP contribution in [0.3, 0.4) is 0 Å². The van der Waals surface area contributed by atoms with Crippen molar-refractivity contribution in [2.75, 3.05) is 0 Å². The first kappa shape index (κ1) is 19.5. The lowest BCUT2D eigenvalue weighted by molar-refractivity contribution is 0.462. The van der Waals surface area contributed by atoms with Gasteiger partial charge in [-0.15, -0.1) is 11.3 Å². The molecule has 2 aromatic heterocycles. The van der Waals surface area contributed by atoms with Gasteiger partial charge in [0.2, 0.25) is 5.43 Å². The van der Waals surface area contributed by atoms with Crippen LogP contribution in [0.2, 0.25) is 12.1 Å². The summed E-state index contributed by atoms with van der Waals surface area (Å²) >= 11 is 1.50. The summed E-state index contributed by atoms with van der Waals surface area (Å²) in [5, 5.41) is 12.2. The molecule has 153 valence electrons. The van der Waals surface area contributed by atoms with E-state index in [1.807, 2.05) is 37.3 Å². The van der Waals surface area contributed by atoms with Crippen LogP contribution in [0.4, 0.5) is 0 Å². The van der Waals surface area contributed by atoms with Crippen molar-refractivity contribution in [1.82, 2.24) is 4.98 Å². The number of hydrogen-bond donors (Lipinski definition) is 1. The van der Waals surface area contributed by atoms with E-state index in [9.17, 15) is 9.90 Å². The zero-order valence-corrected chi connectivity index (χ0v) is 18.8. The van der Waals surface area contributed by atoms with Crippen LogP contribution in [-0.2, 0) is 12.5 Å². The number of aromatic nitrogens is 1. The highest BCUT2D eigenvalue weighted by Crippen LogP contribution is 2.35. The van der Waals surface area contributed by atoms with Crippen LogP contribution in [0.1, 0.15) is 37.3 Å². The fourth-order valence-corrected chi connectivity index (χ4v) is 8.34. The Hall–Kier alpha value is -2.44. The van der Waals surface area contributed by atoms with Crippen LogP contribution in [0, 0.1) is 0 Å². The number of aryl methyl sites for hydroxylation is 1. The van der Waals surface area contributed by atoms with Gasteiger partial charge in [-0.25, -0.2) is 4.98 Å².